The molecule has 0 aliphatic heterocycles. The lowest BCUT2D eigenvalue weighted by Gasteiger charge is -1.99. The average molecular weight is 287 g/mol. The fourth-order valence-corrected chi connectivity index (χ4v) is 2.64. The molecule has 0 aromatic carbocycles. The molecular weight excluding hydrogens is 272 g/mol. The minimum Gasteiger partial charge on any atom is -1.00 e. The Morgan fingerprint density at radius 1 is 1.44 bits per heavy atom. The molecule has 0 bridgehead atoms. The second-order valence-corrected chi connectivity index (χ2v) is 4.70. The Balaban J connectivity index is 0.00000162. The standard InChI is InChI=1S/C11H15N4OS.ClH/c1-7-10(3-4-16)17-6-15(7)9-5-13-8(2)14-11(9)12;/h5-6,16H,3-4H2,1-2H3,(H2,12,13,14);1H/q+1;/p-1. The Bertz CT molecular complexity index is 544. The van der Waals surface area contributed by atoms with E-state index in [1.165, 1.54) is 0 Å². The van der Waals surface area contributed by atoms with Gasteiger partial charge in [0.2, 0.25) is 11.3 Å². The number of aliphatic hydroxyl groups is 1. The first-order valence-corrected chi connectivity index (χ1v) is 6.20. The van der Waals surface area contributed by atoms with Gasteiger partial charge in [0.1, 0.15) is 12.0 Å². The number of aromatic nitrogens is 3. The molecule has 0 fully saturated rings. The Morgan fingerprint density at radius 2 is 2.17 bits per heavy atom. The van der Waals surface area contributed by atoms with Gasteiger partial charge in [-0.3, -0.25) is 0 Å². The molecule has 0 amide bonds. The van der Waals surface area contributed by atoms with Crippen molar-refractivity contribution < 1.29 is 22.1 Å². The van der Waals surface area contributed by atoms with E-state index in [9.17, 15) is 0 Å². The molecule has 0 radical (unpaired) electrons. The first-order valence-electron chi connectivity index (χ1n) is 5.32. The van der Waals surface area contributed by atoms with Crippen LogP contribution in [0.15, 0.2) is 11.7 Å². The predicted octanol–water partition coefficient (Wildman–Crippen LogP) is -2.45. The first kappa shape index (κ1) is 14.8. The van der Waals surface area contributed by atoms with E-state index in [1.54, 1.807) is 17.5 Å². The molecule has 5 nitrogen and oxygen atoms in total. The summed E-state index contributed by atoms with van der Waals surface area (Å²) < 4.78 is 1.96. The summed E-state index contributed by atoms with van der Waals surface area (Å²) in [4.78, 5) is 9.45. The number of nitrogen functional groups attached to an aromatic ring is 1. The number of hydrogen-bond donors (Lipinski definition) is 2. The molecular formula is C11H15ClN4OS. The molecule has 98 valence electrons. The zero-order valence-electron chi connectivity index (χ0n) is 10.2. The quantitative estimate of drug-likeness (QED) is 0.615. The molecule has 0 spiro atoms. The molecule has 18 heavy (non-hydrogen) atoms. The van der Waals surface area contributed by atoms with Gasteiger partial charge in [0, 0.05) is 20.0 Å². The molecule has 0 saturated heterocycles. The van der Waals surface area contributed by atoms with Gasteiger partial charge in [-0.05, 0) is 6.92 Å². The number of rotatable bonds is 3. The zero-order chi connectivity index (χ0) is 12.4. The lowest BCUT2D eigenvalue weighted by molar-refractivity contribution is -0.597. The van der Waals surface area contributed by atoms with E-state index in [0.29, 0.717) is 18.1 Å². The summed E-state index contributed by atoms with van der Waals surface area (Å²) in [6.07, 6.45) is 2.39. The Labute approximate surface area is 116 Å². The highest BCUT2D eigenvalue weighted by molar-refractivity contribution is 7.09. The highest BCUT2D eigenvalue weighted by atomic mass is 35.5. The molecule has 2 heterocycles. The normalized spacial score (nSPS) is 10.2. The van der Waals surface area contributed by atoms with E-state index in [2.05, 4.69) is 9.97 Å². The molecule has 3 N–H and O–H groups in total. The molecule has 0 saturated carbocycles. The predicted molar refractivity (Wildman–Crippen MR) is 66.1 cm³/mol. The van der Waals surface area contributed by atoms with Crippen LogP contribution in [0.4, 0.5) is 5.82 Å². The van der Waals surface area contributed by atoms with Crippen molar-refractivity contribution in [3.8, 4) is 5.69 Å². The monoisotopic (exact) mass is 286 g/mol. The summed E-state index contributed by atoms with van der Waals surface area (Å²) >= 11 is 1.60. The highest BCUT2D eigenvalue weighted by Crippen LogP contribution is 2.16. The van der Waals surface area contributed by atoms with Gasteiger partial charge in [-0.25, -0.2) is 9.97 Å². The third kappa shape index (κ3) is 2.77. The Hall–Kier alpha value is -1.24. The van der Waals surface area contributed by atoms with Crippen LogP contribution in [0.3, 0.4) is 0 Å². The Kier molecular flexibility index (Phi) is 5.01. The van der Waals surface area contributed by atoms with Gasteiger partial charge in [-0.2, -0.15) is 0 Å². The van der Waals surface area contributed by atoms with E-state index in [4.69, 9.17) is 10.8 Å². The van der Waals surface area contributed by atoms with Crippen LogP contribution in [0.2, 0.25) is 0 Å². The maximum atomic E-state index is 8.96. The van der Waals surface area contributed by atoms with Gasteiger partial charge in [0.15, 0.2) is 5.69 Å². The molecule has 0 aliphatic rings. The number of hydrogen-bond acceptors (Lipinski definition) is 5. The number of anilines is 1. The van der Waals surface area contributed by atoms with Crippen LogP contribution >= 0.6 is 11.3 Å². The summed E-state index contributed by atoms with van der Waals surface area (Å²) in [5.74, 6) is 1.13. The lowest BCUT2D eigenvalue weighted by Crippen LogP contribution is -3.00. The minimum atomic E-state index is 0. The van der Waals surface area contributed by atoms with Crippen molar-refractivity contribution in [2.75, 3.05) is 12.3 Å². The van der Waals surface area contributed by atoms with Crippen molar-refractivity contribution in [1.82, 2.24) is 9.97 Å². The maximum absolute atomic E-state index is 8.96. The SMILES string of the molecule is Cc1ncc(-[n+]2csc(CCO)c2C)c(N)n1.[Cl-]. The van der Waals surface area contributed by atoms with Gasteiger partial charge in [0.05, 0.1) is 4.88 Å². The van der Waals surface area contributed by atoms with Gasteiger partial charge in [-0.15, -0.1) is 4.57 Å². The van der Waals surface area contributed by atoms with Crippen LogP contribution in [-0.4, -0.2) is 21.7 Å². The smallest absolute Gasteiger partial charge is 0.272 e. The van der Waals surface area contributed by atoms with Crippen molar-refractivity contribution in [1.29, 1.82) is 0 Å². The summed E-state index contributed by atoms with van der Waals surface area (Å²) in [6, 6.07) is 0. The minimum absolute atomic E-state index is 0. The summed E-state index contributed by atoms with van der Waals surface area (Å²) in [5.41, 5.74) is 9.71. The molecule has 2 aromatic rings. The molecule has 2 rings (SSSR count). The summed E-state index contributed by atoms with van der Waals surface area (Å²) in [7, 11) is 0. The molecule has 0 unspecified atom stereocenters. The molecule has 7 heteroatoms. The van der Waals surface area contributed by atoms with Gasteiger partial charge >= 0.3 is 0 Å². The second kappa shape index (κ2) is 6.08. The summed E-state index contributed by atoms with van der Waals surface area (Å²) in [5, 5.41) is 8.96. The van der Waals surface area contributed by atoms with Crippen LogP contribution in [0.5, 0.6) is 0 Å². The van der Waals surface area contributed by atoms with Crippen LogP contribution in [0.25, 0.3) is 5.69 Å². The van der Waals surface area contributed by atoms with Crippen LogP contribution in [-0.2, 0) is 6.42 Å². The van der Waals surface area contributed by atoms with Crippen molar-refractivity contribution >= 4 is 17.2 Å². The van der Waals surface area contributed by atoms with Crippen molar-refractivity contribution in [3.63, 3.8) is 0 Å². The second-order valence-electron chi connectivity index (χ2n) is 3.76. The number of aryl methyl sites for hydroxylation is 1. The lowest BCUT2D eigenvalue weighted by atomic mass is 10.3. The molecule has 2 aromatic heterocycles. The van der Waals surface area contributed by atoms with Gasteiger partial charge < -0.3 is 23.2 Å². The number of nitrogens with two attached hydrogens (primary N) is 1. The number of aliphatic hydroxyl groups excluding tert-OH is 1. The van der Waals surface area contributed by atoms with Crippen LogP contribution in [0.1, 0.15) is 16.4 Å². The molecule has 0 aliphatic carbocycles. The van der Waals surface area contributed by atoms with Gasteiger partial charge in [0.25, 0.3) is 5.69 Å². The fourth-order valence-electron chi connectivity index (χ4n) is 1.66. The van der Waals surface area contributed by atoms with Crippen molar-refractivity contribution in [3.05, 3.63) is 28.1 Å². The summed E-state index contributed by atoms with van der Waals surface area (Å²) in [6.45, 7) is 3.96. The average Bonchev–Trinajstić information content (AvgIpc) is 2.62. The molecule has 0 atom stereocenters. The largest absolute Gasteiger partial charge is 1.00 e. The van der Waals surface area contributed by atoms with E-state index >= 15 is 0 Å². The topological polar surface area (TPSA) is 75.9 Å². The number of thiazole rings is 1. The van der Waals surface area contributed by atoms with Crippen molar-refractivity contribution in [2.24, 2.45) is 0 Å². The zero-order valence-corrected chi connectivity index (χ0v) is 11.8. The Morgan fingerprint density at radius 3 is 2.78 bits per heavy atom. The highest BCUT2D eigenvalue weighted by Gasteiger charge is 2.20. The van der Waals surface area contributed by atoms with Crippen LogP contribution in [0, 0.1) is 13.8 Å². The third-order valence-electron chi connectivity index (χ3n) is 2.58. The van der Waals surface area contributed by atoms with Gasteiger partial charge in [-0.1, -0.05) is 11.3 Å². The third-order valence-corrected chi connectivity index (χ3v) is 3.68. The van der Waals surface area contributed by atoms with E-state index in [0.717, 1.165) is 16.3 Å². The van der Waals surface area contributed by atoms with E-state index < -0.39 is 0 Å². The maximum Gasteiger partial charge on any atom is 0.272 e. The van der Waals surface area contributed by atoms with E-state index in [1.807, 2.05) is 23.9 Å². The number of nitrogens with zero attached hydrogens (tertiary/aromatic N) is 3. The first-order chi connectivity index (χ1) is 8.13. The number of halogens is 1. The fraction of sp³-hybridized carbons (Fsp3) is 0.364. The van der Waals surface area contributed by atoms with Crippen LogP contribution < -0.4 is 22.7 Å². The van der Waals surface area contributed by atoms with Crippen molar-refractivity contribution in [2.45, 2.75) is 20.3 Å². The van der Waals surface area contributed by atoms with E-state index in [-0.39, 0.29) is 19.0 Å².